The number of aromatic nitrogens is 2. The molecule has 1 fully saturated rings. The highest BCUT2D eigenvalue weighted by Crippen LogP contribution is 2.21. The molecule has 1 atom stereocenters. The quantitative estimate of drug-likeness (QED) is 0.514. The monoisotopic (exact) mass is 453 g/mol. The zero-order valence-corrected chi connectivity index (χ0v) is 17.9. The van der Waals surface area contributed by atoms with Crippen LogP contribution in [0.3, 0.4) is 0 Å². The summed E-state index contributed by atoms with van der Waals surface area (Å²) in [6, 6.07) is 5.48. The van der Waals surface area contributed by atoms with Crippen molar-refractivity contribution in [2.75, 3.05) is 18.9 Å². The lowest BCUT2D eigenvalue weighted by atomic mass is 10.2. The molecule has 1 N–H and O–H groups in total. The van der Waals surface area contributed by atoms with Crippen LogP contribution in [-0.4, -0.2) is 40.5 Å². The predicted molar refractivity (Wildman–Crippen MR) is 111 cm³/mol. The molecule has 146 valence electrons. The molecule has 1 unspecified atom stereocenters. The molecule has 1 aliphatic heterocycles. The van der Waals surface area contributed by atoms with Crippen LogP contribution >= 0.6 is 27.7 Å². The number of rotatable bonds is 7. The Bertz CT molecular complexity index is 878. The molecule has 0 spiro atoms. The molecule has 27 heavy (non-hydrogen) atoms. The predicted octanol–water partition coefficient (Wildman–Crippen LogP) is 3.20. The molecule has 2 heterocycles. The average Bonchev–Trinajstić information content (AvgIpc) is 3.15. The van der Waals surface area contributed by atoms with Crippen molar-refractivity contribution in [3.63, 3.8) is 0 Å². The van der Waals surface area contributed by atoms with E-state index < -0.39 is 0 Å². The van der Waals surface area contributed by atoms with Gasteiger partial charge in [0.25, 0.3) is 5.56 Å². The van der Waals surface area contributed by atoms with Crippen LogP contribution in [0.1, 0.15) is 26.7 Å². The molecule has 1 aromatic heterocycles. The Morgan fingerprint density at radius 3 is 3.00 bits per heavy atom. The van der Waals surface area contributed by atoms with Gasteiger partial charge in [-0.25, -0.2) is 4.98 Å². The van der Waals surface area contributed by atoms with Gasteiger partial charge in [0.15, 0.2) is 5.16 Å². The fraction of sp³-hybridized carbons (Fsp3) is 0.526. The van der Waals surface area contributed by atoms with E-state index in [1.165, 1.54) is 11.8 Å². The lowest BCUT2D eigenvalue weighted by Gasteiger charge is -2.15. The van der Waals surface area contributed by atoms with Gasteiger partial charge < -0.3 is 10.1 Å². The zero-order chi connectivity index (χ0) is 19.4. The molecule has 0 saturated carbocycles. The minimum atomic E-state index is -0.0725. The van der Waals surface area contributed by atoms with Crippen molar-refractivity contribution in [2.45, 2.75) is 44.5 Å². The minimum absolute atomic E-state index is 0.0720. The van der Waals surface area contributed by atoms with Crippen LogP contribution in [0.25, 0.3) is 10.9 Å². The van der Waals surface area contributed by atoms with Crippen LogP contribution < -0.4 is 10.9 Å². The third-order valence-electron chi connectivity index (χ3n) is 4.31. The fourth-order valence-electron chi connectivity index (χ4n) is 3.02. The van der Waals surface area contributed by atoms with Gasteiger partial charge >= 0.3 is 0 Å². The zero-order valence-electron chi connectivity index (χ0n) is 15.5. The van der Waals surface area contributed by atoms with Crippen molar-refractivity contribution < 1.29 is 9.53 Å². The van der Waals surface area contributed by atoms with E-state index in [0.29, 0.717) is 35.1 Å². The van der Waals surface area contributed by atoms with E-state index >= 15 is 0 Å². The summed E-state index contributed by atoms with van der Waals surface area (Å²) in [4.78, 5) is 29.8. The summed E-state index contributed by atoms with van der Waals surface area (Å²) in [5.41, 5.74) is 0.572. The number of hydrogen-bond acceptors (Lipinski definition) is 5. The highest BCUT2D eigenvalue weighted by Gasteiger charge is 2.17. The SMILES string of the molecule is CC(C)Cn1c(SCC(=O)NCC2CCCO2)nc2ccc(Br)cc2c1=O. The number of thioether (sulfide) groups is 1. The van der Waals surface area contributed by atoms with Gasteiger partial charge in [-0.3, -0.25) is 14.2 Å². The maximum atomic E-state index is 13.0. The van der Waals surface area contributed by atoms with Gasteiger partial charge in [0, 0.05) is 24.2 Å². The number of benzene rings is 1. The number of fused-ring (bicyclic) bond motifs is 1. The van der Waals surface area contributed by atoms with Gasteiger partial charge in [-0.1, -0.05) is 41.5 Å². The van der Waals surface area contributed by atoms with Gasteiger partial charge in [0.2, 0.25) is 5.91 Å². The van der Waals surface area contributed by atoms with E-state index in [1.807, 2.05) is 12.1 Å². The number of ether oxygens (including phenoxy) is 1. The van der Waals surface area contributed by atoms with E-state index in [0.717, 1.165) is 23.9 Å². The summed E-state index contributed by atoms with van der Waals surface area (Å²) in [6.45, 7) is 5.99. The van der Waals surface area contributed by atoms with Crippen LogP contribution in [0.4, 0.5) is 0 Å². The first-order chi connectivity index (χ1) is 12.9. The van der Waals surface area contributed by atoms with Crippen molar-refractivity contribution in [3.05, 3.63) is 33.0 Å². The molecule has 1 aliphatic rings. The summed E-state index contributed by atoms with van der Waals surface area (Å²) < 4.78 is 8.04. The van der Waals surface area contributed by atoms with E-state index in [4.69, 9.17) is 4.74 Å². The van der Waals surface area contributed by atoms with Crippen molar-refractivity contribution in [1.29, 1.82) is 0 Å². The number of carbonyl (C=O) groups is 1. The molecular weight excluding hydrogens is 430 g/mol. The molecule has 6 nitrogen and oxygen atoms in total. The number of amides is 1. The molecule has 8 heteroatoms. The third-order valence-corrected chi connectivity index (χ3v) is 5.78. The average molecular weight is 454 g/mol. The number of nitrogens with zero attached hydrogens (tertiary/aromatic N) is 2. The van der Waals surface area contributed by atoms with Gasteiger partial charge in [-0.15, -0.1) is 0 Å². The molecule has 3 rings (SSSR count). The van der Waals surface area contributed by atoms with E-state index in [2.05, 4.69) is 40.1 Å². The first-order valence-corrected chi connectivity index (χ1v) is 10.9. The molecule has 0 aliphatic carbocycles. The summed E-state index contributed by atoms with van der Waals surface area (Å²) in [5.74, 6) is 0.442. The Labute approximate surface area is 171 Å². The molecule has 1 aromatic carbocycles. The molecule has 1 saturated heterocycles. The molecular formula is C19H24BrN3O3S. The first-order valence-electron chi connectivity index (χ1n) is 9.15. The third kappa shape index (κ3) is 5.33. The minimum Gasteiger partial charge on any atom is -0.376 e. The second-order valence-corrected chi connectivity index (χ2v) is 8.95. The smallest absolute Gasteiger partial charge is 0.262 e. The second kappa shape index (κ2) is 9.21. The maximum absolute atomic E-state index is 13.0. The molecule has 0 radical (unpaired) electrons. The van der Waals surface area contributed by atoms with E-state index in [1.54, 1.807) is 10.6 Å². The van der Waals surface area contributed by atoms with Crippen molar-refractivity contribution in [2.24, 2.45) is 5.92 Å². The van der Waals surface area contributed by atoms with Crippen LogP contribution in [0, 0.1) is 5.92 Å². The molecule has 1 amide bonds. The Morgan fingerprint density at radius 1 is 1.48 bits per heavy atom. The van der Waals surface area contributed by atoms with Gasteiger partial charge in [0.05, 0.1) is 22.8 Å². The lowest BCUT2D eigenvalue weighted by molar-refractivity contribution is -0.119. The van der Waals surface area contributed by atoms with Crippen molar-refractivity contribution >= 4 is 44.5 Å². The van der Waals surface area contributed by atoms with Gasteiger partial charge in [-0.05, 0) is 37.0 Å². The van der Waals surface area contributed by atoms with Crippen molar-refractivity contribution in [3.8, 4) is 0 Å². The summed E-state index contributed by atoms with van der Waals surface area (Å²) in [6.07, 6.45) is 2.16. The number of halogens is 1. The number of hydrogen-bond donors (Lipinski definition) is 1. The van der Waals surface area contributed by atoms with Crippen LogP contribution in [-0.2, 0) is 16.1 Å². The van der Waals surface area contributed by atoms with Gasteiger partial charge in [-0.2, -0.15) is 0 Å². The number of nitrogens with one attached hydrogen (secondary N) is 1. The fourth-order valence-corrected chi connectivity index (χ4v) is 4.22. The van der Waals surface area contributed by atoms with E-state index in [-0.39, 0.29) is 23.3 Å². The van der Waals surface area contributed by atoms with Crippen molar-refractivity contribution in [1.82, 2.24) is 14.9 Å². The molecule has 0 bridgehead atoms. The highest BCUT2D eigenvalue weighted by atomic mass is 79.9. The largest absolute Gasteiger partial charge is 0.376 e. The first kappa shape index (κ1) is 20.4. The Morgan fingerprint density at radius 2 is 2.30 bits per heavy atom. The summed E-state index contributed by atoms with van der Waals surface area (Å²) in [7, 11) is 0. The standard InChI is InChI=1S/C19H24BrN3O3S/c1-12(2)10-23-18(25)15-8-13(20)5-6-16(15)22-19(23)27-11-17(24)21-9-14-4-3-7-26-14/h5-6,8,12,14H,3-4,7,9-11H2,1-2H3,(H,21,24). The Kier molecular flexibility index (Phi) is 6.94. The Hall–Kier alpha value is -1.38. The molecule has 2 aromatic rings. The topological polar surface area (TPSA) is 73.2 Å². The normalized spacial score (nSPS) is 17.0. The Balaban J connectivity index is 1.76. The van der Waals surface area contributed by atoms with Crippen LogP contribution in [0.5, 0.6) is 0 Å². The van der Waals surface area contributed by atoms with Crippen LogP contribution in [0.2, 0.25) is 0 Å². The highest BCUT2D eigenvalue weighted by molar-refractivity contribution is 9.10. The summed E-state index contributed by atoms with van der Waals surface area (Å²) >= 11 is 4.71. The summed E-state index contributed by atoms with van der Waals surface area (Å²) in [5, 5.41) is 4.07. The second-order valence-electron chi connectivity index (χ2n) is 7.09. The van der Waals surface area contributed by atoms with Gasteiger partial charge in [0.1, 0.15) is 0 Å². The maximum Gasteiger partial charge on any atom is 0.262 e. The lowest BCUT2D eigenvalue weighted by Crippen LogP contribution is -2.33. The van der Waals surface area contributed by atoms with Crippen LogP contribution in [0.15, 0.2) is 32.6 Å². The number of carbonyl (C=O) groups excluding carboxylic acids is 1. The van der Waals surface area contributed by atoms with E-state index in [9.17, 15) is 9.59 Å².